The lowest BCUT2D eigenvalue weighted by molar-refractivity contribution is -0.318. The summed E-state index contributed by atoms with van der Waals surface area (Å²) >= 11 is 2.14. The summed E-state index contributed by atoms with van der Waals surface area (Å²) in [5.41, 5.74) is -3.15. The Balaban J connectivity index is 1.39. The Hall–Kier alpha value is -2.04. The second kappa shape index (κ2) is 25.0. The zero-order chi connectivity index (χ0) is 52.0. The Kier molecular flexibility index (Phi) is 21.0. The number of aryl methyl sites for hydroxylation is 2. The van der Waals surface area contributed by atoms with Gasteiger partial charge in [-0.2, -0.15) is 0 Å². The first kappa shape index (κ1) is 58.8. The number of halogens is 1. The molecule has 5 heterocycles. The highest BCUT2D eigenvalue weighted by atomic mass is 127. The zero-order valence-corrected chi connectivity index (χ0v) is 45.9. The molecule has 18 atom stereocenters. The number of aliphatic hydroxyl groups is 6. The molecule has 0 aromatic carbocycles. The topological polar surface area (TPSA) is 262 Å². The van der Waals surface area contributed by atoms with E-state index in [4.69, 9.17) is 28.4 Å². The number of rotatable bonds is 16. The SMILES string of the molecule is CC[C@H]1OC(=O)[C@H](C)[C@@H](O[C@H]2C[C@@](C)(OC)[C@@H](O)[C@H](C)O2)[C@H](C)[C@@H](O[C@@H]2O[C@H](C)C[C@H](N(C)CCc3cn(CCCCn4nnc(CO)c4I)nn3)[C@H]2O)[C@](C)(O)C[C@@H](C)CN(C)[C@H](C)[C@@H](O)[C@]1(C)O. The molecule has 6 N–H and O–H groups in total. The Labute approximate surface area is 428 Å². The molecule has 22 heteroatoms. The highest BCUT2D eigenvalue weighted by Gasteiger charge is 2.53. The number of aromatic nitrogens is 6. The number of hydrogen-bond donors (Lipinski definition) is 6. The van der Waals surface area contributed by atoms with Crippen molar-refractivity contribution in [3.8, 4) is 0 Å². The number of cyclic esters (lactones) is 1. The summed E-state index contributed by atoms with van der Waals surface area (Å²) in [5, 5.41) is 85.9. The van der Waals surface area contributed by atoms with E-state index in [1.807, 2.05) is 50.6 Å². The number of ether oxygens (including phenoxy) is 6. The second-order valence-electron chi connectivity index (χ2n) is 21.3. The number of hydrogen-bond acceptors (Lipinski definition) is 19. The Morgan fingerprint density at radius 2 is 1.64 bits per heavy atom. The van der Waals surface area contributed by atoms with Gasteiger partial charge in [0.1, 0.15) is 39.4 Å². The minimum absolute atomic E-state index is 0.103. The molecule has 0 amide bonds. The van der Waals surface area contributed by atoms with Crippen molar-refractivity contribution < 1.29 is 63.9 Å². The van der Waals surface area contributed by atoms with Gasteiger partial charge in [-0.05, 0) is 123 Å². The molecule has 2 aromatic rings. The lowest BCUT2D eigenvalue weighted by Gasteiger charge is -2.49. The molecule has 3 saturated heterocycles. The van der Waals surface area contributed by atoms with Crippen molar-refractivity contribution in [2.45, 2.75) is 224 Å². The van der Waals surface area contributed by atoms with E-state index >= 15 is 0 Å². The fourth-order valence-electron chi connectivity index (χ4n) is 10.8. The summed E-state index contributed by atoms with van der Waals surface area (Å²) in [6.07, 6.45) is -4.81. The van der Waals surface area contributed by atoms with Crippen LogP contribution < -0.4 is 0 Å². The molecule has 2 aromatic heterocycles. The lowest BCUT2D eigenvalue weighted by atomic mass is 9.77. The third-order valence-corrected chi connectivity index (χ3v) is 16.5. The van der Waals surface area contributed by atoms with Gasteiger partial charge in [-0.25, -0.2) is 4.68 Å². The number of esters is 1. The Morgan fingerprint density at radius 1 is 0.957 bits per heavy atom. The maximum absolute atomic E-state index is 14.5. The maximum atomic E-state index is 14.5. The summed E-state index contributed by atoms with van der Waals surface area (Å²) in [7, 11) is 5.28. The van der Waals surface area contributed by atoms with Crippen molar-refractivity contribution in [2.24, 2.45) is 17.8 Å². The van der Waals surface area contributed by atoms with Crippen molar-refractivity contribution in [2.75, 3.05) is 34.3 Å². The van der Waals surface area contributed by atoms with Crippen molar-refractivity contribution in [1.29, 1.82) is 0 Å². The first-order valence-electron chi connectivity index (χ1n) is 25.1. The van der Waals surface area contributed by atoms with Crippen molar-refractivity contribution in [1.82, 2.24) is 39.8 Å². The van der Waals surface area contributed by atoms with E-state index in [1.54, 1.807) is 46.2 Å². The molecule has 70 heavy (non-hydrogen) atoms. The highest BCUT2D eigenvalue weighted by Crippen LogP contribution is 2.40. The van der Waals surface area contributed by atoms with Crippen molar-refractivity contribution >= 4 is 28.6 Å². The molecule has 0 saturated carbocycles. The van der Waals surface area contributed by atoms with Gasteiger partial charge in [-0.1, -0.05) is 31.2 Å². The fourth-order valence-corrected chi connectivity index (χ4v) is 11.4. The summed E-state index contributed by atoms with van der Waals surface area (Å²) in [6.45, 7) is 19.7. The van der Waals surface area contributed by atoms with Crippen LogP contribution >= 0.6 is 22.6 Å². The van der Waals surface area contributed by atoms with Crippen LogP contribution in [0.2, 0.25) is 0 Å². The molecule has 21 nitrogen and oxygen atoms in total. The number of aliphatic hydroxyl groups excluding tert-OH is 4. The molecule has 0 unspecified atom stereocenters. The lowest BCUT2D eigenvalue weighted by Crippen LogP contribution is -2.61. The molecule has 0 spiro atoms. The first-order chi connectivity index (χ1) is 32.8. The minimum atomic E-state index is -1.83. The molecule has 0 radical (unpaired) electrons. The van der Waals surface area contributed by atoms with E-state index in [1.165, 1.54) is 14.0 Å². The smallest absolute Gasteiger partial charge is 0.311 e. The van der Waals surface area contributed by atoms with Gasteiger partial charge in [-0.15, -0.1) is 10.2 Å². The third-order valence-electron chi connectivity index (χ3n) is 15.3. The van der Waals surface area contributed by atoms with Crippen LogP contribution in [0.5, 0.6) is 0 Å². The number of carbonyl (C=O) groups is 1. The number of likely N-dealkylation sites (N-methyl/N-ethyl adjacent to an activating group) is 2. The molecule has 3 fully saturated rings. The maximum Gasteiger partial charge on any atom is 0.311 e. The molecule has 3 aliphatic heterocycles. The normalized spacial score (nSPS) is 40.0. The quantitative estimate of drug-likeness (QED) is 0.0800. The first-order valence-corrected chi connectivity index (χ1v) is 26.2. The van der Waals surface area contributed by atoms with E-state index in [0.29, 0.717) is 44.7 Å². The highest BCUT2D eigenvalue weighted by molar-refractivity contribution is 14.1. The van der Waals surface area contributed by atoms with Crippen LogP contribution in [0.1, 0.15) is 119 Å². The number of nitrogens with zero attached hydrogens (tertiary/aromatic N) is 8. The van der Waals surface area contributed by atoms with E-state index in [9.17, 15) is 35.4 Å². The van der Waals surface area contributed by atoms with Crippen LogP contribution in [0, 0.1) is 21.5 Å². The molecule has 0 aliphatic carbocycles. The standard InChI is InChI=1S/C48H85IN8O13/c1-14-36-48(10,64)40(60)31(6)55(12)24-27(2)22-46(8,63)42(29(4)39(30(5)44(62)68-36)69-37-23-47(9,65-13)41(61)32(7)67-37)70-45-38(59)35(21-28(3)66-45)54(11)20-17-33-25-56(52-50-33)18-15-16-19-57-43(49)34(26-58)51-53-57/h25,27-32,35-42,45,58-61,63-64H,14-24,26H2,1-13H3/t27-,28-,29+,30-,31-,32+,35+,36-,37+,38-,39+,40-,41+,42-,45+,46-,47-,48-/m1/s1. The molecular formula is C48H85IN8O13. The average Bonchev–Trinajstić information content (AvgIpc) is 3.92. The van der Waals surface area contributed by atoms with Gasteiger partial charge < -0.3 is 68.9 Å². The van der Waals surface area contributed by atoms with Crippen molar-refractivity contribution in [3.05, 3.63) is 21.3 Å². The van der Waals surface area contributed by atoms with Gasteiger partial charge in [0.15, 0.2) is 12.6 Å². The molecule has 0 bridgehead atoms. The van der Waals surface area contributed by atoms with Gasteiger partial charge in [0.05, 0.1) is 53.8 Å². The summed E-state index contributed by atoms with van der Waals surface area (Å²) in [5.74, 6) is -2.77. The van der Waals surface area contributed by atoms with Gasteiger partial charge >= 0.3 is 5.97 Å². The Bertz CT molecular complexity index is 1950. The summed E-state index contributed by atoms with van der Waals surface area (Å²) in [4.78, 5) is 18.5. The predicted molar refractivity (Wildman–Crippen MR) is 265 cm³/mol. The average molecular weight is 1110 g/mol. The van der Waals surface area contributed by atoms with E-state index < -0.39 is 102 Å². The van der Waals surface area contributed by atoms with E-state index in [2.05, 4.69) is 48.1 Å². The van der Waals surface area contributed by atoms with Gasteiger partial charge in [0, 0.05) is 70.3 Å². The fraction of sp³-hybridized carbons (Fsp3) is 0.896. The van der Waals surface area contributed by atoms with Crippen LogP contribution in [0.15, 0.2) is 6.20 Å². The number of methoxy groups -OCH3 is 1. The summed E-state index contributed by atoms with van der Waals surface area (Å²) in [6, 6.07) is -0.981. The van der Waals surface area contributed by atoms with Gasteiger partial charge in [0.2, 0.25) is 0 Å². The van der Waals surface area contributed by atoms with Crippen LogP contribution in [0.25, 0.3) is 0 Å². The Morgan fingerprint density at radius 3 is 2.29 bits per heavy atom. The van der Waals surface area contributed by atoms with E-state index in [-0.39, 0.29) is 37.9 Å². The zero-order valence-electron chi connectivity index (χ0n) is 43.7. The van der Waals surface area contributed by atoms with Crippen molar-refractivity contribution in [3.63, 3.8) is 0 Å². The van der Waals surface area contributed by atoms with Gasteiger partial charge in [0.25, 0.3) is 0 Å². The second-order valence-corrected chi connectivity index (χ2v) is 22.3. The number of unbranched alkanes of at least 4 members (excludes halogenated alkanes) is 1. The monoisotopic (exact) mass is 1110 g/mol. The van der Waals surface area contributed by atoms with Crippen LogP contribution in [-0.2, 0) is 59.3 Å². The molecule has 5 rings (SSSR count). The molecule has 3 aliphatic rings. The van der Waals surface area contributed by atoms with Crippen LogP contribution in [-0.4, -0.2) is 201 Å². The van der Waals surface area contributed by atoms with E-state index in [0.717, 1.165) is 22.2 Å². The predicted octanol–water partition coefficient (Wildman–Crippen LogP) is 2.27. The molecule has 402 valence electrons. The van der Waals surface area contributed by atoms with Gasteiger partial charge in [-0.3, -0.25) is 9.48 Å². The minimum Gasteiger partial charge on any atom is -0.459 e. The molecular weight excluding hydrogens is 1020 g/mol. The van der Waals surface area contributed by atoms with Crippen LogP contribution in [0.3, 0.4) is 0 Å². The summed E-state index contributed by atoms with van der Waals surface area (Å²) < 4.78 is 42.7. The van der Waals surface area contributed by atoms with Crippen LogP contribution in [0.4, 0.5) is 0 Å². The third kappa shape index (κ3) is 14.0. The number of carbonyl (C=O) groups excluding carboxylic acids is 1. The largest absolute Gasteiger partial charge is 0.459 e.